The predicted octanol–water partition coefficient (Wildman–Crippen LogP) is 3.61. The van der Waals surface area contributed by atoms with Crippen LogP contribution in [-0.2, 0) is 6.42 Å². The van der Waals surface area contributed by atoms with Crippen LogP contribution in [0.2, 0.25) is 0 Å². The maximum Gasteiger partial charge on any atom is 0.123 e. The highest BCUT2D eigenvalue weighted by atomic mass is 35.5. The van der Waals surface area contributed by atoms with Gasteiger partial charge in [-0.05, 0) is 50.4 Å². The second-order valence-electron chi connectivity index (χ2n) is 5.82. The van der Waals surface area contributed by atoms with E-state index in [2.05, 4.69) is 4.90 Å². The first-order valence-electron chi connectivity index (χ1n) is 7.51. The van der Waals surface area contributed by atoms with Crippen molar-refractivity contribution in [2.45, 2.75) is 44.2 Å². The largest absolute Gasteiger partial charge is 0.488 e. The molecule has 0 bridgehead atoms. The summed E-state index contributed by atoms with van der Waals surface area (Å²) in [4.78, 5) is 2.53. The number of nitrogens with zero attached hydrogens (tertiary/aromatic N) is 1. The molecule has 2 aliphatic heterocycles. The first-order valence-corrected chi connectivity index (χ1v) is 8.05. The Morgan fingerprint density at radius 3 is 3.15 bits per heavy atom. The molecule has 3 rings (SSSR count). The number of hydrogen-bond acceptors (Lipinski definition) is 2. The standard InChI is InChI=1S/C16H21ClFNO/c17-7-1-3-14-4-2-8-19(14)11-15-10-12-9-13(18)5-6-16(12)20-15/h5-6,9,14-15H,1-4,7-8,10-11H2. The summed E-state index contributed by atoms with van der Waals surface area (Å²) in [5, 5.41) is 0. The Hall–Kier alpha value is -0.800. The summed E-state index contributed by atoms with van der Waals surface area (Å²) in [6.45, 7) is 2.10. The molecule has 2 aliphatic rings. The van der Waals surface area contributed by atoms with Crippen molar-refractivity contribution in [2.75, 3.05) is 19.0 Å². The third-order valence-corrected chi connectivity index (χ3v) is 4.64. The van der Waals surface area contributed by atoms with E-state index in [1.165, 1.54) is 25.3 Å². The summed E-state index contributed by atoms with van der Waals surface area (Å²) < 4.78 is 19.2. The van der Waals surface area contributed by atoms with Gasteiger partial charge in [-0.2, -0.15) is 0 Å². The molecule has 2 atom stereocenters. The van der Waals surface area contributed by atoms with E-state index in [4.69, 9.17) is 16.3 Å². The van der Waals surface area contributed by atoms with Gasteiger partial charge in [0, 0.05) is 30.5 Å². The fraction of sp³-hybridized carbons (Fsp3) is 0.625. The number of ether oxygens (including phenoxy) is 1. The Morgan fingerprint density at radius 2 is 2.30 bits per heavy atom. The number of alkyl halides is 1. The van der Waals surface area contributed by atoms with Crippen molar-refractivity contribution in [3.8, 4) is 5.75 Å². The molecule has 1 fully saturated rings. The van der Waals surface area contributed by atoms with Gasteiger partial charge in [-0.15, -0.1) is 11.6 Å². The molecule has 0 spiro atoms. The number of rotatable bonds is 5. The molecule has 2 heterocycles. The molecule has 20 heavy (non-hydrogen) atoms. The minimum absolute atomic E-state index is 0.170. The number of likely N-dealkylation sites (tertiary alicyclic amines) is 1. The van der Waals surface area contributed by atoms with Gasteiger partial charge in [-0.1, -0.05) is 0 Å². The maximum absolute atomic E-state index is 13.2. The van der Waals surface area contributed by atoms with E-state index in [1.807, 2.05) is 0 Å². The molecule has 110 valence electrons. The van der Waals surface area contributed by atoms with E-state index in [0.29, 0.717) is 6.04 Å². The van der Waals surface area contributed by atoms with Gasteiger partial charge in [0.1, 0.15) is 17.7 Å². The number of hydrogen-bond donors (Lipinski definition) is 0. The number of benzene rings is 1. The predicted molar refractivity (Wildman–Crippen MR) is 79.1 cm³/mol. The average Bonchev–Trinajstić information content (AvgIpc) is 3.02. The van der Waals surface area contributed by atoms with Gasteiger partial charge in [-0.3, -0.25) is 4.90 Å². The second kappa shape index (κ2) is 6.31. The van der Waals surface area contributed by atoms with Crippen LogP contribution in [-0.4, -0.2) is 36.0 Å². The Kier molecular flexibility index (Phi) is 4.47. The molecule has 4 heteroatoms. The Morgan fingerprint density at radius 1 is 1.40 bits per heavy atom. The molecule has 0 aliphatic carbocycles. The van der Waals surface area contributed by atoms with Crippen molar-refractivity contribution in [1.29, 1.82) is 0 Å². The SMILES string of the molecule is Fc1ccc2c(c1)CC(CN1CCCC1CCCCl)O2. The average molecular weight is 298 g/mol. The van der Waals surface area contributed by atoms with Crippen molar-refractivity contribution in [2.24, 2.45) is 0 Å². The molecule has 0 N–H and O–H groups in total. The summed E-state index contributed by atoms with van der Waals surface area (Å²) in [5.74, 6) is 1.43. The molecular weight excluding hydrogens is 277 g/mol. The Labute approximate surface area is 124 Å². The molecule has 2 unspecified atom stereocenters. The smallest absolute Gasteiger partial charge is 0.123 e. The molecule has 0 aromatic heterocycles. The van der Waals surface area contributed by atoms with E-state index in [-0.39, 0.29) is 11.9 Å². The number of halogens is 2. The van der Waals surface area contributed by atoms with Crippen LogP contribution >= 0.6 is 11.6 Å². The minimum Gasteiger partial charge on any atom is -0.488 e. The van der Waals surface area contributed by atoms with E-state index in [1.54, 1.807) is 12.1 Å². The topological polar surface area (TPSA) is 12.5 Å². The van der Waals surface area contributed by atoms with Crippen molar-refractivity contribution in [3.05, 3.63) is 29.6 Å². The van der Waals surface area contributed by atoms with Gasteiger partial charge < -0.3 is 4.74 Å². The van der Waals surface area contributed by atoms with Gasteiger partial charge in [0.25, 0.3) is 0 Å². The molecule has 1 saturated heterocycles. The molecule has 2 nitrogen and oxygen atoms in total. The fourth-order valence-electron chi connectivity index (χ4n) is 3.43. The molecule has 0 saturated carbocycles. The lowest BCUT2D eigenvalue weighted by Gasteiger charge is -2.26. The van der Waals surface area contributed by atoms with Crippen LogP contribution in [0.3, 0.4) is 0 Å². The monoisotopic (exact) mass is 297 g/mol. The Bertz CT molecular complexity index is 468. The van der Waals surface area contributed by atoms with Crippen molar-refractivity contribution in [3.63, 3.8) is 0 Å². The second-order valence-corrected chi connectivity index (χ2v) is 6.20. The quantitative estimate of drug-likeness (QED) is 0.770. The highest BCUT2D eigenvalue weighted by Gasteiger charge is 2.30. The fourth-order valence-corrected chi connectivity index (χ4v) is 3.58. The zero-order valence-corrected chi connectivity index (χ0v) is 12.4. The van der Waals surface area contributed by atoms with E-state index in [9.17, 15) is 4.39 Å². The van der Waals surface area contributed by atoms with Gasteiger partial charge >= 0.3 is 0 Å². The third kappa shape index (κ3) is 3.09. The van der Waals surface area contributed by atoms with E-state index < -0.39 is 0 Å². The first kappa shape index (κ1) is 14.2. The van der Waals surface area contributed by atoms with E-state index >= 15 is 0 Å². The highest BCUT2D eigenvalue weighted by Crippen LogP contribution is 2.31. The molecule has 0 radical (unpaired) electrons. The van der Waals surface area contributed by atoms with Gasteiger partial charge in [0.05, 0.1) is 0 Å². The van der Waals surface area contributed by atoms with Crippen LogP contribution in [0.25, 0.3) is 0 Å². The van der Waals surface area contributed by atoms with Crippen molar-refractivity contribution in [1.82, 2.24) is 4.90 Å². The molecule has 1 aromatic rings. The minimum atomic E-state index is -0.172. The summed E-state index contributed by atoms with van der Waals surface area (Å²) in [6.07, 6.45) is 5.79. The summed E-state index contributed by atoms with van der Waals surface area (Å²) in [5.41, 5.74) is 1.01. The van der Waals surface area contributed by atoms with Gasteiger partial charge in [-0.25, -0.2) is 4.39 Å². The van der Waals surface area contributed by atoms with Crippen LogP contribution in [0.4, 0.5) is 4.39 Å². The maximum atomic E-state index is 13.2. The van der Waals surface area contributed by atoms with Crippen LogP contribution in [0.1, 0.15) is 31.2 Å². The third-order valence-electron chi connectivity index (χ3n) is 4.37. The zero-order chi connectivity index (χ0) is 13.9. The lowest BCUT2D eigenvalue weighted by molar-refractivity contribution is 0.138. The van der Waals surface area contributed by atoms with Crippen molar-refractivity contribution < 1.29 is 9.13 Å². The first-order chi connectivity index (χ1) is 9.76. The van der Waals surface area contributed by atoms with Gasteiger partial charge in [0.2, 0.25) is 0 Å². The van der Waals surface area contributed by atoms with Crippen molar-refractivity contribution >= 4 is 11.6 Å². The molecule has 0 amide bonds. The normalized spacial score (nSPS) is 25.7. The van der Waals surface area contributed by atoms with E-state index in [0.717, 1.165) is 43.1 Å². The molecule has 1 aromatic carbocycles. The van der Waals surface area contributed by atoms with Crippen LogP contribution in [0.15, 0.2) is 18.2 Å². The van der Waals surface area contributed by atoms with Crippen LogP contribution < -0.4 is 4.74 Å². The summed E-state index contributed by atoms with van der Waals surface area (Å²) >= 11 is 5.79. The highest BCUT2D eigenvalue weighted by molar-refractivity contribution is 6.17. The van der Waals surface area contributed by atoms with Crippen LogP contribution in [0, 0.1) is 5.82 Å². The lowest BCUT2D eigenvalue weighted by Crippen LogP contribution is -2.38. The lowest BCUT2D eigenvalue weighted by atomic mass is 10.1. The summed E-state index contributed by atoms with van der Waals surface area (Å²) in [7, 11) is 0. The Balaban J connectivity index is 1.57. The molecular formula is C16H21ClFNO. The van der Waals surface area contributed by atoms with Gasteiger partial charge in [0.15, 0.2) is 0 Å². The zero-order valence-electron chi connectivity index (χ0n) is 11.7. The summed E-state index contributed by atoms with van der Waals surface area (Å²) in [6, 6.07) is 5.47. The van der Waals surface area contributed by atoms with Crippen LogP contribution in [0.5, 0.6) is 5.75 Å². The number of fused-ring (bicyclic) bond motifs is 1.